The van der Waals surface area contributed by atoms with E-state index in [1.165, 1.54) is 18.0 Å². The van der Waals surface area contributed by atoms with Gasteiger partial charge in [-0.3, -0.25) is 0 Å². The van der Waals surface area contributed by atoms with Gasteiger partial charge in [0, 0.05) is 13.7 Å². The maximum atomic E-state index is 13.0. The van der Waals surface area contributed by atoms with Crippen molar-refractivity contribution in [1.29, 1.82) is 0 Å². The largest absolute Gasteiger partial charge is 0.379 e. The van der Waals surface area contributed by atoms with Crippen molar-refractivity contribution in [3.05, 3.63) is 54.1 Å². The minimum absolute atomic E-state index is 0.138. The van der Waals surface area contributed by atoms with Crippen molar-refractivity contribution in [2.24, 2.45) is 0 Å². The van der Waals surface area contributed by atoms with Gasteiger partial charge in [0.05, 0.1) is 24.5 Å². The molecule has 1 aromatic heterocycles. The number of hydrogen-bond donors (Lipinski definition) is 0. The summed E-state index contributed by atoms with van der Waals surface area (Å²) in [7, 11) is 1.73. The van der Waals surface area contributed by atoms with Gasteiger partial charge in [-0.05, 0) is 18.4 Å². The molecule has 0 amide bonds. The van der Waals surface area contributed by atoms with E-state index in [2.05, 4.69) is 27.0 Å². The van der Waals surface area contributed by atoms with E-state index in [4.69, 9.17) is 4.74 Å². The van der Waals surface area contributed by atoms with Gasteiger partial charge in [0.15, 0.2) is 5.82 Å². The number of nitrogens with zero attached hydrogens (tertiary/aromatic N) is 3. The predicted molar refractivity (Wildman–Crippen MR) is 78.7 cm³/mol. The Hall–Kier alpha value is -2.01. The zero-order chi connectivity index (χ0) is 14.7. The van der Waals surface area contributed by atoms with E-state index in [1.807, 2.05) is 18.2 Å². The van der Waals surface area contributed by atoms with Crippen LogP contribution < -0.4 is 4.90 Å². The van der Waals surface area contributed by atoms with Crippen LogP contribution in [-0.2, 0) is 11.2 Å². The molecule has 0 radical (unpaired) electrons. The second-order valence-corrected chi connectivity index (χ2v) is 5.21. The molecule has 2 aromatic rings. The number of ether oxygens (including phenoxy) is 1. The molecule has 0 N–H and O–H groups in total. The van der Waals surface area contributed by atoms with Crippen LogP contribution in [-0.4, -0.2) is 35.8 Å². The number of aromatic nitrogens is 2. The van der Waals surface area contributed by atoms with E-state index in [-0.39, 0.29) is 12.1 Å². The van der Waals surface area contributed by atoms with Gasteiger partial charge in [0.1, 0.15) is 0 Å². The molecule has 0 bridgehead atoms. The van der Waals surface area contributed by atoms with Crippen molar-refractivity contribution in [3.63, 3.8) is 0 Å². The number of rotatable bonds is 4. The topological polar surface area (TPSA) is 38.2 Å². The van der Waals surface area contributed by atoms with Gasteiger partial charge >= 0.3 is 0 Å². The SMILES string of the molecule is CO[C@@H]1CCN(c2ncc(F)cn2)[C@@H]1Cc1ccccc1. The molecule has 4 nitrogen and oxygen atoms in total. The first kappa shape index (κ1) is 13.9. The Balaban J connectivity index is 1.83. The Labute approximate surface area is 123 Å². The predicted octanol–water partition coefficient (Wildman–Crippen LogP) is 2.45. The lowest BCUT2D eigenvalue weighted by Gasteiger charge is -2.27. The second kappa shape index (κ2) is 6.18. The molecule has 0 unspecified atom stereocenters. The van der Waals surface area contributed by atoms with Gasteiger partial charge in [-0.25, -0.2) is 14.4 Å². The molecule has 110 valence electrons. The zero-order valence-electron chi connectivity index (χ0n) is 11.9. The van der Waals surface area contributed by atoms with E-state index in [0.717, 1.165) is 19.4 Å². The lowest BCUT2D eigenvalue weighted by atomic mass is 10.0. The highest BCUT2D eigenvalue weighted by atomic mass is 19.1. The Kier molecular flexibility index (Phi) is 4.10. The normalized spacial score (nSPS) is 21.7. The molecule has 3 rings (SSSR count). The van der Waals surface area contributed by atoms with Crippen LogP contribution in [0.3, 0.4) is 0 Å². The number of hydrogen-bond acceptors (Lipinski definition) is 4. The summed E-state index contributed by atoms with van der Waals surface area (Å²) in [5.41, 5.74) is 1.25. The third-order valence-corrected chi connectivity index (χ3v) is 3.94. The number of anilines is 1. The lowest BCUT2D eigenvalue weighted by molar-refractivity contribution is 0.0952. The van der Waals surface area contributed by atoms with Crippen molar-refractivity contribution in [1.82, 2.24) is 9.97 Å². The van der Waals surface area contributed by atoms with Crippen LogP contribution in [0.25, 0.3) is 0 Å². The summed E-state index contributed by atoms with van der Waals surface area (Å²) in [6.07, 6.45) is 4.35. The van der Waals surface area contributed by atoms with Crippen molar-refractivity contribution >= 4 is 5.95 Å². The summed E-state index contributed by atoms with van der Waals surface area (Å²) >= 11 is 0. The first-order valence-corrected chi connectivity index (χ1v) is 7.09. The zero-order valence-corrected chi connectivity index (χ0v) is 11.9. The maximum absolute atomic E-state index is 13.0. The van der Waals surface area contributed by atoms with E-state index in [0.29, 0.717) is 5.95 Å². The fourth-order valence-corrected chi connectivity index (χ4v) is 2.90. The number of benzene rings is 1. The number of methoxy groups -OCH3 is 1. The lowest BCUT2D eigenvalue weighted by Crippen LogP contribution is -2.38. The monoisotopic (exact) mass is 287 g/mol. The van der Waals surface area contributed by atoms with Crippen LogP contribution in [0.2, 0.25) is 0 Å². The van der Waals surface area contributed by atoms with Gasteiger partial charge in [0.2, 0.25) is 5.95 Å². The minimum Gasteiger partial charge on any atom is -0.379 e. The van der Waals surface area contributed by atoms with Crippen molar-refractivity contribution in [2.75, 3.05) is 18.6 Å². The summed E-state index contributed by atoms with van der Waals surface area (Å²) in [6.45, 7) is 0.821. The Morgan fingerprint density at radius 3 is 2.62 bits per heavy atom. The fraction of sp³-hybridized carbons (Fsp3) is 0.375. The molecular formula is C16H18FN3O. The summed E-state index contributed by atoms with van der Waals surface area (Å²) in [5, 5.41) is 0. The first-order valence-electron chi connectivity index (χ1n) is 7.09. The van der Waals surface area contributed by atoms with Crippen molar-refractivity contribution < 1.29 is 9.13 Å². The molecule has 0 spiro atoms. The molecule has 2 heterocycles. The molecular weight excluding hydrogens is 269 g/mol. The van der Waals surface area contributed by atoms with E-state index >= 15 is 0 Å². The molecule has 5 heteroatoms. The van der Waals surface area contributed by atoms with Crippen LogP contribution in [0, 0.1) is 5.82 Å². The molecule has 21 heavy (non-hydrogen) atoms. The summed E-state index contributed by atoms with van der Waals surface area (Å²) in [5.74, 6) is 0.151. The van der Waals surface area contributed by atoms with Crippen LogP contribution in [0.5, 0.6) is 0 Å². The first-order chi connectivity index (χ1) is 10.3. The Morgan fingerprint density at radius 2 is 1.95 bits per heavy atom. The fourth-order valence-electron chi connectivity index (χ4n) is 2.90. The van der Waals surface area contributed by atoms with Gasteiger partial charge in [-0.2, -0.15) is 0 Å². The van der Waals surface area contributed by atoms with Crippen LogP contribution in [0.15, 0.2) is 42.7 Å². The van der Waals surface area contributed by atoms with E-state index < -0.39 is 5.82 Å². The Morgan fingerprint density at radius 1 is 1.24 bits per heavy atom. The van der Waals surface area contributed by atoms with Crippen molar-refractivity contribution in [3.8, 4) is 0 Å². The Bertz CT molecular complexity index is 576. The van der Waals surface area contributed by atoms with Crippen LogP contribution >= 0.6 is 0 Å². The quantitative estimate of drug-likeness (QED) is 0.866. The molecule has 1 saturated heterocycles. The van der Waals surface area contributed by atoms with Gasteiger partial charge in [-0.15, -0.1) is 0 Å². The van der Waals surface area contributed by atoms with Gasteiger partial charge in [0.25, 0.3) is 0 Å². The second-order valence-electron chi connectivity index (χ2n) is 5.21. The highest BCUT2D eigenvalue weighted by Gasteiger charge is 2.35. The van der Waals surface area contributed by atoms with E-state index in [9.17, 15) is 4.39 Å². The van der Waals surface area contributed by atoms with Crippen LogP contribution in [0.4, 0.5) is 10.3 Å². The highest BCUT2D eigenvalue weighted by molar-refractivity contribution is 5.35. The third-order valence-electron chi connectivity index (χ3n) is 3.94. The molecule has 1 fully saturated rings. The van der Waals surface area contributed by atoms with Crippen LogP contribution in [0.1, 0.15) is 12.0 Å². The van der Waals surface area contributed by atoms with Gasteiger partial charge in [-0.1, -0.05) is 30.3 Å². The molecule has 1 aromatic carbocycles. The summed E-state index contributed by atoms with van der Waals surface area (Å²) in [4.78, 5) is 10.3. The molecule has 2 atom stereocenters. The average molecular weight is 287 g/mol. The summed E-state index contributed by atoms with van der Waals surface area (Å²) in [6, 6.07) is 10.5. The van der Waals surface area contributed by atoms with Crippen molar-refractivity contribution in [2.45, 2.75) is 25.0 Å². The molecule has 1 aliphatic heterocycles. The van der Waals surface area contributed by atoms with Gasteiger partial charge < -0.3 is 9.64 Å². The smallest absolute Gasteiger partial charge is 0.225 e. The molecule has 0 saturated carbocycles. The standard InChI is InChI=1S/C16H18FN3O/c1-21-15-7-8-20(16-18-10-13(17)11-19-16)14(15)9-12-5-3-2-4-6-12/h2-6,10-11,14-15H,7-9H2,1H3/t14-,15-/m1/s1. The molecule has 1 aliphatic rings. The average Bonchev–Trinajstić information content (AvgIpc) is 2.92. The third kappa shape index (κ3) is 3.03. The highest BCUT2D eigenvalue weighted by Crippen LogP contribution is 2.27. The molecule has 0 aliphatic carbocycles. The number of halogens is 1. The minimum atomic E-state index is -0.416. The maximum Gasteiger partial charge on any atom is 0.225 e. The van der Waals surface area contributed by atoms with E-state index in [1.54, 1.807) is 7.11 Å². The summed E-state index contributed by atoms with van der Waals surface area (Å²) < 4.78 is 18.6.